The first-order valence-corrected chi connectivity index (χ1v) is 10.4. The molecule has 0 aliphatic rings. The monoisotopic (exact) mass is 444 g/mol. The van der Waals surface area contributed by atoms with Crippen LogP contribution in [0.3, 0.4) is 0 Å². The summed E-state index contributed by atoms with van der Waals surface area (Å²) in [6.45, 7) is -0.157. The average Bonchev–Trinajstić information content (AvgIpc) is 2.78. The van der Waals surface area contributed by atoms with Gasteiger partial charge in [-0.05, 0) is 48.5 Å². The van der Waals surface area contributed by atoms with E-state index in [1.807, 2.05) is 24.3 Å². The zero-order valence-corrected chi connectivity index (χ0v) is 18.1. The summed E-state index contributed by atoms with van der Waals surface area (Å²) in [4.78, 5) is 17.7. The number of nitrogens with one attached hydrogen (secondary N) is 1. The second-order valence-electron chi connectivity index (χ2n) is 6.13. The van der Waals surface area contributed by atoms with E-state index in [9.17, 15) is 4.79 Å². The number of ether oxygens (including phenoxy) is 3. The average molecular weight is 445 g/mol. The molecule has 6 nitrogen and oxygen atoms in total. The highest BCUT2D eigenvalue weighted by Crippen LogP contribution is 2.30. The van der Waals surface area contributed by atoms with Crippen molar-refractivity contribution >= 4 is 35.0 Å². The third kappa shape index (κ3) is 6.30. The SMILES string of the molecule is COc1ccc(NC(=O)COc2cc(CSc3ccc(Cl)cc3)ncc2OC)cc1. The number of aromatic nitrogens is 1. The van der Waals surface area contributed by atoms with Gasteiger partial charge in [-0.2, -0.15) is 0 Å². The van der Waals surface area contributed by atoms with Crippen molar-refractivity contribution in [2.24, 2.45) is 0 Å². The Balaban J connectivity index is 1.58. The number of amides is 1. The lowest BCUT2D eigenvalue weighted by molar-refractivity contribution is -0.118. The van der Waals surface area contributed by atoms with Gasteiger partial charge in [-0.25, -0.2) is 0 Å². The van der Waals surface area contributed by atoms with Gasteiger partial charge in [-0.3, -0.25) is 9.78 Å². The molecule has 8 heteroatoms. The standard InChI is InChI=1S/C22H21ClN2O4S/c1-27-18-7-5-16(6-8-18)25-22(26)13-29-20-11-17(24-12-21(20)28-2)14-30-19-9-3-15(23)4-10-19/h3-12H,13-14H2,1-2H3,(H,25,26). The lowest BCUT2D eigenvalue weighted by atomic mass is 10.3. The molecule has 0 bridgehead atoms. The molecular weight excluding hydrogens is 424 g/mol. The molecule has 0 radical (unpaired) electrons. The molecule has 1 heterocycles. The minimum Gasteiger partial charge on any atom is -0.497 e. The zero-order chi connectivity index (χ0) is 21.3. The summed E-state index contributed by atoms with van der Waals surface area (Å²) < 4.78 is 16.1. The van der Waals surface area contributed by atoms with Crippen LogP contribution in [0.15, 0.2) is 65.7 Å². The van der Waals surface area contributed by atoms with Crippen molar-refractivity contribution in [2.45, 2.75) is 10.6 Å². The topological polar surface area (TPSA) is 69.7 Å². The quantitative estimate of drug-likeness (QED) is 0.465. The molecule has 1 amide bonds. The maximum Gasteiger partial charge on any atom is 0.262 e. The number of hydrogen-bond acceptors (Lipinski definition) is 6. The summed E-state index contributed by atoms with van der Waals surface area (Å²) in [5, 5.41) is 3.48. The first-order chi connectivity index (χ1) is 14.6. The van der Waals surface area contributed by atoms with E-state index in [0.29, 0.717) is 28.0 Å². The van der Waals surface area contributed by atoms with E-state index in [2.05, 4.69) is 10.3 Å². The molecule has 3 aromatic rings. The molecule has 1 N–H and O–H groups in total. The molecule has 156 valence electrons. The zero-order valence-electron chi connectivity index (χ0n) is 16.6. The Hall–Kier alpha value is -2.90. The molecule has 0 saturated carbocycles. The van der Waals surface area contributed by atoms with Gasteiger partial charge in [-0.15, -0.1) is 11.8 Å². The minimum atomic E-state index is -0.281. The van der Waals surface area contributed by atoms with Gasteiger partial charge in [0.05, 0.1) is 26.1 Å². The van der Waals surface area contributed by atoms with Crippen molar-refractivity contribution in [3.05, 3.63) is 71.5 Å². The van der Waals surface area contributed by atoms with Crippen LogP contribution in [0.4, 0.5) is 5.69 Å². The van der Waals surface area contributed by atoms with Gasteiger partial charge in [0.2, 0.25) is 0 Å². The fourth-order valence-electron chi connectivity index (χ4n) is 2.51. The summed E-state index contributed by atoms with van der Waals surface area (Å²) in [7, 11) is 3.12. The summed E-state index contributed by atoms with van der Waals surface area (Å²) in [5.41, 5.74) is 1.47. The molecule has 0 spiro atoms. The van der Waals surface area contributed by atoms with Crippen LogP contribution in [0.1, 0.15) is 5.69 Å². The van der Waals surface area contributed by atoms with Gasteiger partial charge in [0.25, 0.3) is 5.91 Å². The molecule has 0 atom stereocenters. The molecule has 0 unspecified atom stereocenters. The number of nitrogens with zero attached hydrogens (tertiary/aromatic N) is 1. The van der Waals surface area contributed by atoms with Gasteiger partial charge in [0.1, 0.15) is 5.75 Å². The van der Waals surface area contributed by atoms with Crippen molar-refractivity contribution in [3.8, 4) is 17.2 Å². The highest BCUT2D eigenvalue weighted by atomic mass is 35.5. The number of thioether (sulfide) groups is 1. The number of benzene rings is 2. The van der Waals surface area contributed by atoms with E-state index >= 15 is 0 Å². The van der Waals surface area contributed by atoms with E-state index in [1.54, 1.807) is 55.4 Å². The molecule has 30 heavy (non-hydrogen) atoms. The molecule has 2 aromatic carbocycles. The summed E-state index contributed by atoms with van der Waals surface area (Å²) >= 11 is 7.54. The van der Waals surface area contributed by atoms with Gasteiger partial charge in [0.15, 0.2) is 18.1 Å². The first kappa shape index (κ1) is 21.8. The Labute approximate surface area is 184 Å². The predicted octanol–water partition coefficient (Wildman–Crippen LogP) is 5.06. The van der Waals surface area contributed by atoms with Crippen LogP contribution in [-0.4, -0.2) is 31.7 Å². The van der Waals surface area contributed by atoms with Crippen LogP contribution >= 0.6 is 23.4 Å². The lowest BCUT2D eigenvalue weighted by Gasteiger charge is -2.12. The second kappa shape index (κ2) is 10.8. The molecule has 0 saturated heterocycles. The largest absolute Gasteiger partial charge is 0.497 e. The Morgan fingerprint density at radius 2 is 1.77 bits per heavy atom. The van der Waals surface area contributed by atoms with E-state index in [1.165, 1.54) is 7.11 Å². The third-order valence-electron chi connectivity index (χ3n) is 4.04. The van der Waals surface area contributed by atoms with Crippen LogP contribution in [0.25, 0.3) is 0 Å². The maximum atomic E-state index is 12.2. The third-order valence-corrected chi connectivity index (χ3v) is 5.34. The molecule has 0 aliphatic carbocycles. The number of hydrogen-bond donors (Lipinski definition) is 1. The van der Waals surface area contributed by atoms with Crippen molar-refractivity contribution in [2.75, 3.05) is 26.1 Å². The van der Waals surface area contributed by atoms with Crippen molar-refractivity contribution in [3.63, 3.8) is 0 Å². The number of carbonyl (C=O) groups is 1. The van der Waals surface area contributed by atoms with Gasteiger partial charge in [0, 0.05) is 27.4 Å². The molecule has 0 aliphatic heterocycles. The number of halogens is 1. The van der Waals surface area contributed by atoms with Crippen LogP contribution < -0.4 is 19.5 Å². The van der Waals surface area contributed by atoms with E-state index < -0.39 is 0 Å². The molecule has 0 fully saturated rings. The highest BCUT2D eigenvalue weighted by molar-refractivity contribution is 7.98. The molecule has 1 aromatic heterocycles. The highest BCUT2D eigenvalue weighted by Gasteiger charge is 2.11. The maximum absolute atomic E-state index is 12.2. The van der Waals surface area contributed by atoms with Crippen molar-refractivity contribution in [1.82, 2.24) is 4.98 Å². The number of pyridine rings is 1. The molecule has 3 rings (SSSR count). The van der Waals surface area contributed by atoms with Gasteiger partial charge in [-0.1, -0.05) is 11.6 Å². The second-order valence-corrected chi connectivity index (χ2v) is 7.62. The number of carbonyl (C=O) groups excluding carboxylic acids is 1. The number of anilines is 1. The first-order valence-electron chi connectivity index (χ1n) is 9.05. The fraction of sp³-hybridized carbons (Fsp3) is 0.182. The van der Waals surface area contributed by atoms with Crippen LogP contribution in [0, 0.1) is 0 Å². The van der Waals surface area contributed by atoms with Gasteiger partial charge >= 0.3 is 0 Å². The van der Waals surface area contributed by atoms with E-state index in [-0.39, 0.29) is 12.5 Å². The Morgan fingerprint density at radius 1 is 1.03 bits per heavy atom. The predicted molar refractivity (Wildman–Crippen MR) is 119 cm³/mol. The van der Waals surface area contributed by atoms with E-state index in [4.69, 9.17) is 25.8 Å². The van der Waals surface area contributed by atoms with Gasteiger partial charge < -0.3 is 19.5 Å². The number of rotatable bonds is 9. The Bertz CT molecular complexity index is 981. The summed E-state index contributed by atoms with van der Waals surface area (Å²) in [6, 6.07) is 16.4. The van der Waals surface area contributed by atoms with Crippen LogP contribution in [-0.2, 0) is 10.5 Å². The normalized spacial score (nSPS) is 10.4. The minimum absolute atomic E-state index is 0.157. The smallest absolute Gasteiger partial charge is 0.262 e. The van der Waals surface area contributed by atoms with Crippen molar-refractivity contribution < 1.29 is 19.0 Å². The fourth-order valence-corrected chi connectivity index (χ4v) is 3.44. The lowest BCUT2D eigenvalue weighted by Crippen LogP contribution is -2.20. The number of methoxy groups -OCH3 is 2. The van der Waals surface area contributed by atoms with Crippen molar-refractivity contribution in [1.29, 1.82) is 0 Å². The van der Waals surface area contributed by atoms with Crippen LogP contribution in [0.5, 0.6) is 17.2 Å². The summed E-state index contributed by atoms with van der Waals surface area (Å²) in [6.07, 6.45) is 1.59. The van der Waals surface area contributed by atoms with E-state index in [0.717, 1.165) is 16.3 Å². The Kier molecular flexibility index (Phi) is 7.82. The Morgan fingerprint density at radius 3 is 2.43 bits per heavy atom. The molecular formula is C22H21ClN2O4S. The van der Waals surface area contributed by atoms with Crippen LogP contribution in [0.2, 0.25) is 5.02 Å². The summed E-state index contributed by atoms with van der Waals surface area (Å²) in [5.74, 6) is 2.00.